The van der Waals surface area contributed by atoms with Crippen LogP contribution in [0.25, 0.3) is 10.9 Å². The molecule has 0 fully saturated rings. The van der Waals surface area contributed by atoms with Gasteiger partial charge in [0.15, 0.2) is 0 Å². The summed E-state index contributed by atoms with van der Waals surface area (Å²) in [5.41, 5.74) is 6.08. The molecular weight excluding hydrogens is 404 g/mol. The van der Waals surface area contributed by atoms with Crippen LogP contribution in [-0.2, 0) is 27.1 Å². The van der Waals surface area contributed by atoms with E-state index >= 15 is 0 Å². The monoisotopic (exact) mass is 434 g/mol. The van der Waals surface area contributed by atoms with Gasteiger partial charge in [0.25, 0.3) is 0 Å². The maximum Gasteiger partial charge on any atom is 0.338 e. The second-order valence-corrected chi connectivity index (χ2v) is 7.54. The van der Waals surface area contributed by atoms with Crippen molar-refractivity contribution in [1.29, 1.82) is 0 Å². The van der Waals surface area contributed by atoms with Crippen LogP contribution in [0.15, 0.2) is 48.7 Å². The largest absolute Gasteiger partial charge is 0.469 e. The molecule has 32 heavy (non-hydrogen) atoms. The van der Waals surface area contributed by atoms with Gasteiger partial charge in [0, 0.05) is 23.8 Å². The molecule has 0 amide bonds. The van der Waals surface area contributed by atoms with E-state index < -0.39 is 0 Å². The van der Waals surface area contributed by atoms with E-state index in [1.165, 1.54) is 19.8 Å². The second kappa shape index (κ2) is 10.8. The molecule has 0 aliphatic carbocycles. The van der Waals surface area contributed by atoms with E-state index in [2.05, 4.69) is 30.2 Å². The number of hydrogen-bond donors (Lipinski definition) is 1. The van der Waals surface area contributed by atoms with Gasteiger partial charge in [-0.2, -0.15) is 0 Å². The van der Waals surface area contributed by atoms with Gasteiger partial charge in [0.1, 0.15) is 0 Å². The summed E-state index contributed by atoms with van der Waals surface area (Å²) in [6.45, 7) is 5.03. The van der Waals surface area contributed by atoms with Crippen LogP contribution in [0.4, 0.5) is 5.69 Å². The quantitative estimate of drug-likeness (QED) is 0.588. The summed E-state index contributed by atoms with van der Waals surface area (Å²) in [6, 6.07) is 13.7. The zero-order chi connectivity index (χ0) is 23.1. The lowest BCUT2D eigenvalue weighted by Crippen LogP contribution is -2.24. The van der Waals surface area contributed by atoms with Crippen molar-refractivity contribution in [3.8, 4) is 0 Å². The molecule has 3 aromatic rings. The number of para-hydroxylation sites is 2. The summed E-state index contributed by atoms with van der Waals surface area (Å²) in [6.07, 6.45) is 4.33. The summed E-state index contributed by atoms with van der Waals surface area (Å²) in [5, 5.41) is 4.24. The van der Waals surface area contributed by atoms with Gasteiger partial charge in [-0.3, -0.25) is 9.78 Å². The van der Waals surface area contributed by atoms with Crippen molar-refractivity contribution < 1.29 is 19.1 Å². The minimum atomic E-state index is -0.319. The SMILES string of the molecule is CCc1cccc2c(C(=O)OC)ccnc12.CCc1cccc2c1NCCC2C(=O)OC. The Kier molecular flexibility index (Phi) is 7.82. The van der Waals surface area contributed by atoms with Gasteiger partial charge in [-0.1, -0.05) is 50.2 Å². The van der Waals surface area contributed by atoms with Gasteiger partial charge in [-0.25, -0.2) is 4.79 Å². The van der Waals surface area contributed by atoms with Crippen LogP contribution in [0.1, 0.15) is 53.2 Å². The Balaban J connectivity index is 0.000000181. The Morgan fingerprint density at radius 3 is 2.41 bits per heavy atom. The third-order valence-electron chi connectivity index (χ3n) is 5.80. The molecule has 0 radical (unpaired) electrons. The maximum absolute atomic E-state index is 11.7. The van der Waals surface area contributed by atoms with Crippen LogP contribution in [0.5, 0.6) is 0 Å². The molecule has 4 rings (SSSR count). The molecular formula is C26H30N2O4. The fourth-order valence-corrected chi connectivity index (χ4v) is 4.12. The number of fused-ring (bicyclic) bond motifs is 2. The Bertz CT molecular complexity index is 1110. The van der Waals surface area contributed by atoms with E-state index in [-0.39, 0.29) is 17.9 Å². The summed E-state index contributed by atoms with van der Waals surface area (Å²) >= 11 is 0. The molecule has 2 aromatic carbocycles. The first-order chi connectivity index (χ1) is 15.5. The lowest BCUT2D eigenvalue weighted by atomic mass is 9.88. The Morgan fingerprint density at radius 2 is 1.72 bits per heavy atom. The van der Waals surface area contributed by atoms with E-state index in [4.69, 9.17) is 9.47 Å². The molecule has 6 nitrogen and oxygen atoms in total. The fourth-order valence-electron chi connectivity index (χ4n) is 4.12. The average molecular weight is 435 g/mol. The Hall–Kier alpha value is -3.41. The van der Waals surface area contributed by atoms with Gasteiger partial charge in [-0.05, 0) is 42.0 Å². The van der Waals surface area contributed by atoms with Gasteiger partial charge in [0.05, 0.1) is 31.2 Å². The number of hydrogen-bond acceptors (Lipinski definition) is 6. The summed E-state index contributed by atoms with van der Waals surface area (Å²) in [7, 11) is 2.84. The molecule has 0 spiro atoms. The molecule has 0 saturated carbocycles. The van der Waals surface area contributed by atoms with Crippen LogP contribution in [0.2, 0.25) is 0 Å². The van der Waals surface area contributed by atoms with E-state index in [1.807, 2.05) is 30.3 Å². The highest BCUT2D eigenvalue weighted by atomic mass is 16.5. The number of carbonyl (C=O) groups is 2. The minimum absolute atomic E-state index is 0.104. The van der Waals surface area contributed by atoms with Gasteiger partial charge in [0.2, 0.25) is 0 Å². The number of methoxy groups -OCH3 is 2. The Morgan fingerprint density at radius 1 is 1.00 bits per heavy atom. The number of anilines is 1. The van der Waals surface area contributed by atoms with Crippen molar-refractivity contribution in [2.45, 2.75) is 39.0 Å². The average Bonchev–Trinajstić information content (AvgIpc) is 2.86. The normalized spacial score (nSPS) is 14.4. The number of aromatic nitrogens is 1. The molecule has 1 atom stereocenters. The van der Waals surface area contributed by atoms with Crippen LogP contribution < -0.4 is 5.32 Å². The molecule has 1 N–H and O–H groups in total. The van der Waals surface area contributed by atoms with Crippen LogP contribution in [-0.4, -0.2) is 37.7 Å². The first kappa shape index (κ1) is 23.3. The zero-order valence-corrected chi connectivity index (χ0v) is 19.1. The predicted molar refractivity (Wildman–Crippen MR) is 126 cm³/mol. The molecule has 6 heteroatoms. The fraction of sp³-hybridized carbons (Fsp3) is 0.346. The molecule has 1 aromatic heterocycles. The molecule has 0 saturated heterocycles. The van der Waals surface area contributed by atoms with Crippen molar-refractivity contribution in [3.63, 3.8) is 0 Å². The van der Waals surface area contributed by atoms with Gasteiger partial charge < -0.3 is 14.8 Å². The minimum Gasteiger partial charge on any atom is -0.469 e. The van der Waals surface area contributed by atoms with Crippen LogP contribution >= 0.6 is 0 Å². The number of ether oxygens (including phenoxy) is 2. The number of nitrogens with zero attached hydrogens (tertiary/aromatic N) is 1. The number of esters is 2. The lowest BCUT2D eigenvalue weighted by Gasteiger charge is -2.26. The van der Waals surface area contributed by atoms with Crippen molar-refractivity contribution in [3.05, 3.63) is 70.9 Å². The van der Waals surface area contributed by atoms with Crippen LogP contribution in [0.3, 0.4) is 0 Å². The first-order valence-electron chi connectivity index (χ1n) is 10.9. The highest BCUT2D eigenvalue weighted by Crippen LogP contribution is 2.35. The van der Waals surface area contributed by atoms with Crippen molar-refractivity contribution >= 4 is 28.5 Å². The van der Waals surface area contributed by atoms with E-state index in [0.29, 0.717) is 5.56 Å². The lowest BCUT2D eigenvalue weighted by molar-refractivity contribution is -0.142. The topological polar surface area (TPSA) is 77.5 Å². The number of pyridine rings is 1. The standard InChI is InChI=1S/C13H17NO2.C13H13NO2/c2*1-3-9-5-4-6-10-11(13(15)16-2)7-8-14-12(9)10/h4-6,11,14H,3,7-8H2,1-2H3;4-8H,3H2,1-2H3. The van der Waals surface area contributed by atoms with Crippen LogP contribution in [0, 0.1) is 0 Å². The van der Waals surface area contributed by atoms with E-state index in [1.54, 1.807) is 12.3 Å². The molecule has 0 bridgehead atoms. The summed E-state index contributed by atoms with van der Waals surface area (Å²) in [5.74, 6) is -0.551. The Labute approximate surface area is 189 Å². The number of nitrogens with one attached hydrogen (secondary N) is 1. The summed E-state index contributed by atoms with van der Waals surface area (Å²) in [4.78, 5) is 27.6. The van der Waals surface area contributed by atoms with E-state index in [0.717, 1.165) is 53.5 Å². The third kappa shape index (κ3) is 4.74. The number of benzene rings is 2. The maximum atomic E-state index is 11.7. The predicted octanol–water partition coefficient (Wildman–Crippen LogP) is 4.91. The molecule has 2 heterocycles. The van der Waals surface area contributed by atoms with Gasteiger partial charge in [-0.15, -0.1) is 0 Å². The molecule has 168 valence electrons. The number of rotatable bonds is 4. The molecule has 1 aliphatic heterocycles. The highest BCUT2D eigenvalue weighted by molar-refractivity contribution is 6.03. The smallest absolute Gasteiger partial charge is 0.338 e. The molecule has 1 unspecified atom stereocenters. The van der Waals surface area contributed by atoms with Crippen molar-refractivity contribution in [2.24, 2.45) is 0 Å². The number of aryl methyl sites for hydroxylation is 2. The van der Waals surface area contributed by atoms with Crippen molar-refractivity contribution in [2.75, 3.05) is 26.1 Å². The van der Waals surface area contributed by atoms with Crippen molar-refractivity contribution in [1.82, 2.24) is 4.98 Å². The molecule has 1 aliphatic rings. The zero-order valence-electron chi connectivity index (χ0n) is 19.1. The number of carbonyl (C=O) groups excluding carboxylic acids is 2. The first-order valence-corrected chi connectivity index (χ1v) is 10.9. The highest BCUT2D eigenvalue weighted by Gasteiger charge is 2.27. The van der Waals surface area contributed by atoms with E-state index in [9.17, 15) is 9.59 Å². The third-order valence-corrected chi connectivity index (χ3v) is 5.80. The summed E-state index contributed by atoms with van der Waals surface area (Å²) < 4.78 is 9.60. The second-order valence-electron chi connectivity index (χ2n) is 7.54. The van der Waals surface area contributed by atoms with Gasteiger partial charge >= 0.3 is 11.9 Å².